The number of nitrogens with one attached hydrogen (secondary N) is 1. The van der Waals surface area contributed by atoms with Crippen LogP contribution in [0.1, 0.15) is 36.1 Å². The van der Waals surface area contributed by atoms with E-state index in [4.69, 9.17) is 9.52 Å². The van der Waals surface area contributed by atoms with Crippen LogP contribution in [0.4, 0.5) is 0 Å². The van der Waals surface area contributed by atoms with Crippen LogP contribution in [0.25, 0.3) is 0 Å². The molecule has 4 nitrogen and oxygen atoms in total. The number of halogens is 1. The third kappa shape index (κ3) is 3.92. The summed E-state index contributed by atoms with van der Waals surface area (Å²) >= 11 is 4.81. The minimum atomic E-state index is -0.821. The summed E-state index contributed by atoms with van der Waals surface area (Å²) in [7, 11) is 0. The van der Waals surface area contributed by atoms with Crippen molar-refractivity contribution in [2.75, 3.05) is 0 Å². The predicted molar refractivity (Wildman–Crippen MR) is 77.3 cm³/mol. The van der Waals surface area contributed by atoms with Gasteiger partial charge in [-0.3, -0.25) is 10.1 Å². The molecule has 0 fully saturated rings. The van der Waals surface area contributed by atoms with Gasteiger partial charge >= 0.3 is 5.97 Å². The molecular weight excluding hydrogens is 330 g/mol. The molecule has 0 aromatic carbocycles. The SMILES string of the molecule is CC(NC(CC(=O)O)c1cccs1)c1ccc(Br)o1. The van der Waals surface area contributed by atoms with Crippen LogP contribution in [-0.2, 0) is 4.79 Å². The number of furan rings is 1. The monoisotopic (exact) mass is 343 g/mol. The number of carbonyl (C=O) groups is 1. The van der Waals surface area contributed by atoms with Gasteiger partial charge in [-0.1, -0.05) is 6.07 Å². The second kappa shape index (κ2) is 6.36. The van der Waals surface area contributed by atoms with E-state index in [0.717, 1.165) is 10.6 Å². The van der Waals surface area contributed by atoms with E-state index in [-0.39, 0.29) is 18.5 Å². The highest BCUT2D eigenvalue weighted by atomic mass is 79.9. The molecule has 0 radical (unpaired) electrons. The average molecular weight is 344 g/mol. The van der Waals surface area contributed by atoms with E-state index in [1.165, 1.54) is 0 Å². The Labute approximate surface area is 123 Å². The fraction of sp³-hybridized carbons (Fsp3) is 0.308. The van der Waals surface area contributed by atoms with E-state index >= 15 is 0 Å². The first-order chi connectivity index (χ1) is 9.06. The van der Waals surface area contributed by atoms with E-state index in [9.17, 15) is 4.79 Å². The summed E-state index contributed by atoms with van der Waals surface area (Å²) in [5.74, 6) is -0.0439. The molecule has 0 bridgehead atoms. The highest BCUT2D eigenvalue weighted by molar-refractivity contribution is 9.10. The molecule has 0 saturated carbocycles. The molecule has 0 spiro atoms. The highest BCUT2D eigenvalue weighted by Gasteiger charge is 2.20. The van der Waals surface area contributed by atoms with Crippen LogP contribution in [0.3, 0.4) is 0 Å². The van der Waals surface area contributed by atoms with Crippen molar-refractivity contribution < 1.29 is 14.3 Å². The van der Waals surface area contributed by atoms with Gasteiger partial charge in [0.15, 0.2) is 4.67 Å². The van der Waals surface area contributed by atoms with Crippen LogP contribution in [0, 0.1) is 0 Å². The molecule has 2 heterocycles. The third-order valence-corrected chi connectivity index (χ3v) is 4.15. The minimum absolute atomic E-state index is 0.0483. The van der Waals surface area contributed by atoms with Gasteiger partial charge in [0, 0.05) is 4.88 Å². The van der Waals surface area contributed by atoms with Crippen molar-refractivity contribution in [3.63, 3.8) is 0 Å². The van der Waals surface area contributed by atoms with Crippen LogP contribution in [0.2, 0.25) is 0 Å². The van der Waals surface area contributed by atoms with E-state index < -0.39 is 5.97 Å². The summed E-state index contributed by atoms with van der Waals surface area (Å²) in [5.41, 5.74) is 0. The number of carboxylic acids is 1. The Morgan fingerprint density at radius 3 is 2.84 bits per heavy atom. The van der Waals surface area contributed by atoms with Crippen molar-refractivity contribution in [3.05, 3.63) is 45.0 Å². The maximum absolute atomic E-state index is 11.0. The number of aliphatic carboxylic acids is 1. The maximum atomic E-state index is 11.0. The van der Waals surface area contributed by atoms with Crippen LogP contribution < -0.4 is 5.32 Å². The lowest BCUT2D eigenvalue weighted by Crippen LogP contribution is -2.25. The summed E-state index contributed by atoms with van der Waals surface area (Å²) in [5, 5.41) is 14.2. The molecule has 2 aromatic heterocycles. The van der Waals surface area contributed by atoms with Crippen molar-refractivity contribution in [3.8, 4) is 0 Å². The highest BCUT2D eigenvalue weighted by Crippen LogP contribution is 2.27. The lowest BCUT2D eigenvalue weighted by Gasteiger charge is -2.19. The van der Waals surface area contributed by atoms with Crippen LogP contribution in [0.15, 0.2) is 38.7 Å². The van der Waals surface area contributed by atoms with Gasteiger partial charge in [0.2, 0.25) is 0 Å². The topological polar surface area (TPSA) is 62.5 Å². The first-order valence-electron chi connectivity index (χ1n) is 5.82. The molecule has 2 aromatic rings. The normalized spacial score (nSPS) is 14.2. The van der Waals surface area contributed by atoms with Gasteiger partial charge in [0.1, 0.15) is 5.76 Å². The molecule has 6 heteroatoms. The van der Waals surface area contributed by atoms with E-state index in [2.05, 4.69) is 21.2 Å². The Kier molecular flexibility index (Phi) is 4.79. The largest absolute Gasteiger partial charge is 0.481 e. The van der Waals surface area contributed by atoms with E-state index in [1.54, 1.807) is 11.3 Å². The van der Waals surface area contributed by atoms with Crippen molar-refractivity contribution in [1.82, 2.24) is 5.32 Å². The zero-order chi connectivity index (χ0) is 13.8. The fourth-order valence-electron chi connectivity index (χ4n) is 1.85. The lowest BCUT2D eigenvalue weighted by molar-refractivity contribution is -0.137. The molecule has 2 rings (SSSR count). The lowest BCUT2D eigenvalue weighted by atomic mass is 10.1. The second-order valence-electron chi connectivity index (χ2n) is 4.20. The van der Waals surface area contributed by atoms with Gasteiger partial charge in [-0.15, -0.1) is 11.3 Å². The molecule has 2 N–H and O–H groups in total. The third-order valence-electron chi connectivity index (χ3n) is 2.74. The van der Waals surface area contributed by atoms with Crippen molar-refractivity contribution in [2.24, 2.45) is 0 Å². The van der Waals surface area contributed by atoms with E-state index in [1.807, 2.05) is 36.6 Å². The van der Waals surface area contributed by atoms with Gasteiger partial charge in [-0.05, 0) is 46.4 Å². The van der Waals surface area contributed by atoms with E-state index in [0.29, 0.717) is 4.67 Å². The summed E-state index contributed by atoms with van der Waals surface area (Å²) in [6.45, 7) is 1.95. The fourth-order valence-corrected chi connectivity index (χ4v) is 2.96. The number of rotatable bonds is 6. The first kappa shape index (κ1) is 14.3. The molecule has 0 aliphatic carbocycles. The van der Waals surface area contributed by atoms with Gasteiger partial charge in [0.05, 0.1) is 18.5 Å². The summed E-state index contributed by atoms with van der Waals surface area (Å²) in [6, 6.07) is 7.29. The maximum Gasteiger partial charge on any atom is 0.305 e. The molecular formula is C13H14BrNO3S. The summed E-state index contributed by atoms with van der Waals surface area (Å²) in [6.07, 6.45) is 0.0483. The summed E-state index contributed by atoms with van der Waals surface area (Å²) in [4.78, 5) is 12.0. The molecule has 0 amide bonds. The smallest absolute Gasteiger partial charge is 0.305 e. The predicted octanol–water partition coefficient (Wildman–Crippen LogP) is 3.97. The van der Waals surface area contributed by atoms with Gasteiger partial charge < -0.3 is 9.52 Å². The summed E-state index contributed by atoms with van der Waals surface area (Å²) < 4.78 is 6.15. The Bertz CT molecular complexity index is 538. The molecule has 19 heavy (non-hydrogen) atoms. The molecule has 0 saturated heterocycles. The minimum Gasteiger partial charge on any atom is -0.481 e. The van der Waals surface area contributed by atoms with Gasteiger partial charge in [-0.2, -0.15) is 0 Å². The van der Waals surface area contributed by atoms with Crippen molar-refractivity contribution in [1.29, 1.82) is 0 Å². The zero-order valence-corrected chi connectivity index (χ0v) is 12.7. The molecule has 0 aliphatic heterocycles. The average Bonchev–Trinajstić information content (AvgIpc) is 2.97. The molecule has 0 aliphatic rings. The number of hydrogen-bond donors (Lipinski definition) is 2. The number of thiophene rings is 1. The molecule has 2 atom stereocenters. The van der Waals surface area contributed by atoms with Gasteiger partial charge in [0.25, 0.3) is 0 Å². The Balaban J connectivity index is 2.09. The zero-order valence-electron chi connectivity index (χ0n) is 10.3. The Hall–Kier alpha value is -1.11. The van der Waals surface area contributed by atoms with Crippen LogP contribution in [0.5, 0.6) is 0 Å². The van der Waals surface area contributed by atoms with Crippen LogP contribution in [-0.4, -0.2) is 11.1 Å². The molecule has 102 valence electrons. The Morgan fingerprint density at radius 1 is 1.53 bits per heavy atom. The number of hydrogen-bond acceptors (Lipinski definition) is 4. The second-order valence-corrected chi connectivity index (χ2v) is 5.96. The van der Waals surface area contributed by atoms with Crippen molar-refractivity contribution in [2.45, 2.75) is 25.4 Å². The van der Waals surface area contributed by atoms with Crippen molar-refractivity contribution >= 4 is 33.2 Å². The Morgan fingerprint density at radius 2 is 2.32 bits per heavy atom. The number of carboxylic acid groups (broad SMARTS) is 1. The standard InChI is InChI=1S/C13H14BrNO3S/c1-8(10-4-5-12(14)18-10)15-9(7-13(16)17)11-3-2-6-19-11/h2-6,8-9,15H,7H2,1H3,(H,16,17). The molecule has 2 unspecified atom stereocenters. The first-order valence-corrected chi connectivity index (χ1v) is 7.50. The van der Waals surface area contributed by atoms with Gasteiger partial charge in [-0.25, -0.2) is 0 Å². The quantitative estimate of drug-likeness (QED) is 0.832. The van der Waals surface area contributed by atoms with Crippen LogP contribution >= 0.6 is 27.3 Å².